The molecule has 0 spiro atoms. The number of rotatable bonds is 2. The van der Waals surface area contributed by atoms with E-state index in [1.54, 1.807) is 6.92 Å². The molecule has 2 aromatic rings. The molecule has 6 heteroatoms. The van der Waals surface area contributed by atoms with E-state index in [-0.39, 0.29) is 11.7 Å². The summed E-state index contributed by atoms with van der Waals surface area (Å²) in [7, 11) is 0. The van der Waals surface area contributed by atoms with Gasteiger partial charge in [0.15, 0.2) is 0 Å². The van der Waals surface area contributed by atoms with Gasteiger partial charge in [-0.2, -0.15) is 5.10 Å². The second-order valence-corrected chi connectivity index (χ2v) is 3.14. The van der Waals surface area contributed by atoms with Gasteiger partial charge < -0.3 is 9.84 Å². The summed E-state index contributed by atoms with van der Waals surface area (Å²) in [6.07, 6.45) is 1.42. The Morgan fingerprint density at radius 2 is 2.33 bits per heavy atom. The number of H-pyrrole nitrogens is 1. The van der Waals surface area contributed by atoms with Crippen LogP contribution in [0.2, 0.25) is 0 Å². The highest BCUT2D eigenvalue weighted by molar-refractivity contribution is 6.02. The molecule has 0 aliphatic heterocycles. The van der Waals surface area contributed by atoms with Crippen LogP contribution in [0.3, 0.4) is 0 Å². The van der Waals surface area contributed by atoms with Gasteiger partial charge in [-0.15, -0.1) is 0 Å². The molecule has 0 fully saturated rings. The summed E-state index contributed by atoms with van der Waals surface area (Å²) in [5, 5.41) is 12.9. The van der Waals surface area contributed by atoms with E-state index in [0.717, 1.165) is 11.4 Å². The highest BCUT2D eigenvalue weighted by atomic mass is 16.5. The van der Waals surface area contributed by atoms with Crippen LogP contribution in [0.1, 0.15) is 21.9 Å². The van der Waals surface area contributed by atoms with Crippen LogP contribution in [-0.4, -0.2) is 21.3 Å². The predicted octanol–water partition coefficient (Wildman–Crippen LogP) is 1.27. The third-order valence-electron chi connectivity index (χ3n) is 2.03. The third-order valence-corrected chi connectivity index (χ3v) is 2.03. The second kappa shape index (κ2) is 3.56. The standard InChI is InChI=1S/C9H10N4O2/c1-5-8(6(2)13-12-5)11-9(14)7-3-4-10-15-7/h3-4H,1-2H3,(H,11,14)(H,12,13). The van der Waals surface area contributed by atoms with Crippen LogP contribution in [0.15, 0.2) is 16.8 Å². The van der Waals surface area contributed by atoms with Crippen molar-refractivity contribution in [2.24, 2.45) is 0 Å². The van der Waals surface area contributed by atoms with Crippen LogP contribution in [0.5, 0.6) is 0 Å². The maximum atomic E-state index is 11.6. The lowest BCUT2D eigenvalue weighted by Gasteiger charge is -2.01. The van der Waals surface area contributed by atoms with E-state index in [2.05, 4.69) is 20.7 Å². The fraction of sp³-hybridized carbons (Fsp3) is 0.222. The second-order valence-electron chi connectivity index (χ2n) is 3.14. The van der Waals surface area contributed by atoms with Gasteiger partial charge in [-0.25, -0.2) is 0 Å². The Morgan fingerprint density at radius 1 is 1.53 bits per heavy atom. The molecule has 1 amide bonds. The van der Waals surface area contributed by atoms with E-state index in [4.69, 9.17) is 4.52 Å². The molecule has 0 atom stereocenters. The highest BCUT2D eigenvalue weighted by Crippen LogP contribution is 2.16. The topological polar surface area (TPSA) is 83.8 Å². The molecule has 15 heavy (non-hydrogen) atoms. The largest absolute Gasteiger partial charge is 0.351 e. The first-order chi connectivity index (χ1) is 7.18. The number of amides is 1. The number of aromatic nitrogens is 3. The van der Waals surface area contributed by atoms with E-state index < -0.39 is 0 Å². The first-order valence-corrected chi connectivity index (χ1v) is 4.42. The molecule has 6 nitrogen and oxygen atoms in total. The molecule has 0 saturated carbocycles. The molecule has 2 aromatic heterocycles. The number of nitrogens with zero attached hydrogens (tertiary/aromatic N) is 2. The first-order valence-electron chi connectivity index (χ1n) is 4.42. The zero-order valence-electron chi connectivity index (χ0n) is 8.37. The van der Waals surface area contributed by atoms with Crippen molar-refractivity contribution in [3.05, 3.63) is 29.4 Å². The van der Waals surface area contributed by atoms with Crippen LogP contribution < -0.4 is 5.32 Å². The Bertz CT molecular complexity index is 453. The molecule has 0 radical (unpaired) electrons. The van der Waals surface area contributed by atoms with Crippen molar-refractivity contribution in [1.82, 2.24) is 15.4 Å². The summed E-state index contributed by atoms with van der Waals surface area (Å²) >= 11 is 0. The van der Waals surface area contributed by atoms with Crippen LogP contribution in [0.4, 0.5) is 5.69 Å². The van der Waals surface area contributed by atoms with E-state index in [9.17, 15) is 4.79 Å². The number of aromatic amines is 1. The lowest BCUT2D eigenvalue weighted by molar-refractivity contribution is 0.0987. The number of nitrogens with one attached hydrogen (secondary N) is 2. The fourth-order valence-electron chi connectivity index (χ4n) is 1.24. The predicted molar refractivity (Wildman–Crippen MR) is 52.5 cm³/mol. The van der Waals surface area contributed by atoms with E-state index in [1.807, 2.05) is 6.92 Å². The molecule has 0 aliphatic rings. The van der Waals surface area contributed by atoms with Crippen molar-refractivity contribution in [2.75, 3.05) is 5.32 Å². The number of aryl methyl sites for hydroxylation is 2. The molecule has 78 valence electrons. The monoisotopic (exact) mass is 206 g/mol. The molecular formula is C9H10N4O2. The summed E-state index contributed by atoms with van der Waals surface area (Å²) < 4.78 is 4.73. The quantitative estimate of drug-likeness (QED) is 0.774. The summed E-state index contributed by atoms with van der Waals surface area (Å²) in [6.45, 7) is 3.63. The van der Waals surface area contributed by atoms with Crippen LogP contribution >= 0.6 is 0 Å². The Morgan fingerprint density at radius 3 is 2.87 bits per heavy atom. The van der Waals surface area contributed by atoms with Gasteiger partial charge >= 0.3 is 0 Å². The Balaban J connectivity index is 2.20. The molecule has 2 N–H and O–H groups in total. The SMILES string of the molecule is Cc1n[nH]c(C)c1NC(=O)c1ccno1. The number of hydrogen-bond donors (Lipinski definition) is 2. The normalized spacial score (nSPS) is 10.3. The Labute approximate surface area is 85.7 Å². The van der Waals surface area contributed by atoms with E-state index in [0.29, 0.717) is 5.69 Å². The van der Waals surface area contributed by atoms with Gasteiger partial charge in [-0.3, -0.25) is 9.89 Å². The van der Waals surface area contributed by atoms with Crippen molar-refractivity contribution >= 4 is 11.6 Å². The van der Waals surface area contributed by atoms with Gasteiger partial charge in [-0.1, -0.05) is 5.16 Å². The summed E-state index contributed by atoms with van der Waals surface area (Å²) in [5.41, 5.74) is 2.22. The minimum atomic E-state index is -0.333. The summed E-state index contributed by atoms with van der Waals surface area (Å²) in [5.74, 6) is -0.157. The fourth-order valence-corrected chi connectivity index (χ4v) is 1.24. The van der Waals surface area contributed by atoms with Crippen molar-refractivity contribution in [1.29, 1.82) is 0 Å². The van der Waals surface area contributed by atoms with Crippen LogP contribution in [-0.2, 0) is 0 Å². The maximum absolute atomic E-state index is 11.6. The molecule has 0 bridgehead atoms. The zero-order valence-corrected chi connectivity index (χ0v) is 8.37. The first kappa shape index (κ1) is 9.45. The smallest absolute Gasteiger partial charge is 0.294 e. The van der Waals surface area contributed by atoms with E-state index in [1.165, 1.54) is 12.3 Å². The minimum absolute atomic E-state index is 0.176. The molecular weight excluding hydrogens is 196 g/mol. The van der Waals surface area contributed by atoms with Crippen molar-refractivity contribution in [3.8, 4) is 0 Å². The molecule has 0 unspecified atom stereocenters. The lowest BCUT2D eigenvalue weighted by Crippen LogP contribution is -2.11. The molecule has 2 rings (SSSR count). The van der Waals surface area contributed by atoms with Gasteiger partial charge in [0.1, 0.15) is 0 Å². The summed E-state index contributed by atoms with van der Waals surface area (Å²) in [6, 6.07) is 1.50. The molecule has 2 heterocycles. The zero-order chi connectivity index (χ0) is 10.8. The van der Waals surface area contributed by atoms with Gasteiger partial charge in [0.2, 0.25) is 5.76 Å². The minimum Gasteiger partial charge on any atom is -0.351 e. The Kier molecular flexibility index (Phi) is 2.24. The van der Waals surface area contributed by atoms with Crippen LogP contribution in [0, 0.1) is 13.8 Å². The molecule has 0 aromatic carbocycles. The van der Waals surface area contributed by atoms with Crippen molar-refractivity contribution < 1.29 is 9.32 Å². The third kappa shape index (κ3) is 1.74. The van der Waals surface area contributed by atoms with Crippen molar-refractivity contribution in [2.45, 2.75) is 13.8 Å². The average molecular weight is 206 g/mol. The Hall–Kier alpha value is -2.11. The number of hydrogen-bond acceptors (Lipinski definition) is 4. The molecule has 0 aliphatic carbocycles. The maximum Gasteiger partial charge on any atom is 0.294 e. The van der Waals surface area contributed by atoms with Crippen molar-refractivity contribution in [3.63, 3.8) is 0 Å². The van der Waals surface area contributed by atoms with Crippen LogP contribution in [0.25, 0.3) is 0 Å². The van der Waals surface area contributed by atoms with Gasteiger partial charge in [0.05, 0.1) is 23.3 Å². The molecule has 0 saturated heterocycles. The lowest BCUT2D eigenvalue weighted by atomic mass is 10.3. The van der Waals surface area contributed by atoms with Gasteiger partial charge in [-0.05, 0) is 13.8 Å². The highest BCUT2D eigenvalue weighted by Gasteiger charge is 2.14. The number of anilines is 1. The van der Waals surface area contributed by atoms with Gasteiger partial charge in [0, 0.05) is 6.07 Å². The van der Waals surface area contributed by atoms with Gasteiger partial charge in [0.25, 0.3) is 5.91 Å². The van der Waals surface area contributed by atoms with E-state index >= 15 is 0 Å². The number of carbonyl (C=O) groups excluding carboxylic acids is 1. The number of carbonyl (C=O) groups is 1. The summed E-state index contributed by atoms with van der Waals surface area (Å²) in [4.78, 5) is 11.6. The average Bonchev–Trinajstić information content (AvgIpc) is 2.82.